The maximum absolute atomic E-state index is 12.9. The van der Waals surface area contributed by atoms with Crippen LogP contribution in [0.5, 0.6) is 0 Å². The van der Waals surface area contributed by atoms with Crippen LogP contribution in [0.2, 0.25) is 0 Å². The van der Waals surface area contributed by atoms with E-state index in [2.05, 4.69) is 23.1 Å². The highest BCUT2D eigenvalue weighted by molar-refractivity contribution is 5.91. The lowest BCUT2D eigenvalue weighted by atomic mass is 9.99. The van der Waals surface area contributed by atoms with E-state index in [1.165, 1.54) is 0 Å². The van der Waals surface area contributed by atoms with Crippen molar-refractivity contribution in [3.8, 4) is 0 Å². The zero-order chi connectivity index (χ0) is 16.9. The van der Waals surface area contributed by atoms with E-state index < -0.39 is 6.04 Å². The molecule has 1 aromatic carbocycles. The molecule has 2 aliphatic rings. The molecule has 3 rings (SSSR count). The van der Waals surface area contributed by atoms with Crippen LogP contribution in [0.15, 0.2) is 30.3 Å². The van der Waals surface area contributed by atoms with Crippen molar-refractivity contribution >= 4 is 11.8 Å². The minimum absolute atomic E-state index is 0.0249. The summed E-state index contributed by atoms with van der Waals surface area (Å²) in [5.41, 5.74) is 7.39. The van der Waals surface area contributed by atoms with Crippen LogP contribution >= 0.6 is 0 Å². The summed E-state index contributed by atoms with van der Waals surface area (Å²) < 4.78 is 0. The Bertz CT molecular complexity index is 578. The first-order chi connectivity index (χ1) is 11.7. The Kier molecular flexibility index (Phi) is 5.48. The Hall–Kier alpha value is -1.92. The molecule has 0 radical (unpaired) electrons. The van der Waals surface area contributed by atoms with Gasteiger partial charge in [-0.2, -0.15) is 0 Å². The van der Waals surface area contributed by atoms with Crippen molar-refractivity contribution in [3.05, 3.63) is 35.9 Å². The molecule has 2 heterocycles. The molecule has 2 aliphatic heterocycles. The minimum atomic E-state index is -0.430. The maximum Gasteiger partial charge on any atom is 0.243 e. The molecular weight excluding hydrogens is 304 g/mol. The summed E-state index contributed by atoms with van der Waals surface area (Å²) >= 11 is 0. The summed E-state index contributed by atoms with van der Waals surface area (Å²) in [4.78, 5) is 27.0. The van der Waals surface area contributed by atoms with Crippen LogP contribution < -0.4 is 16.2 Å². The predicted octanol–water partition coefficient (Wildman–Crippen LogP) is 0.591. The molecule has 130 valence electrons. The van der Waals surface area contributed by atoms with Crippen molar-refractivity contribution in [2.45, 2.75) is 50.7 Å². The Balaban J connectivity index is 1.69. The van der Waals surface area contributed by atoms with Gasteiger partial charge in [-0.3, -0.25) is 15.0 Å². The lowest BCUT2D eigenvalue weighted by molar-refractivity contribution is -0.144. The quantitative estimate of drug-likeness (QED) is 0.739. The number of nitrogens with one attached hydrogen (secondary N) is 3. The van der Waals surface area contributed by atoms with Gasteiger partial charge in [0.2, 0.25) is 11.8 Å². The van der Waals surface area contributed by atoms with Gasteiger partial charge in [-0.25, -0.2) is 5.43 Å². The van der Waals surface area contributed by atoms with Crippen molar-refractivity contribution < 1.29 is 9.59 Å². The van der Waals surface area contributed by atoms with Gasteiger partial charge in [-0.05, 0) is 18.4 Å². The molecule has 2 amide bonds. The maximum atomic E-state index is 12.9. The van der Waals surface area contributed by atoms with Crippen LogP contribution in [0.25, 0.3) is 0 Å². The number of piperazine rings is 1. The van der Waals surface area contributed by atoms with Gasteiger partial charge in [0, 0.05) is 25.6 Å². The van der Waals surface area contributed by atoms with Gasteiger partial charge in [0.05, 0.1) is 0 Å². The van der Waals surface area contributed by atoms with E-state index in [0.29, 0.717) is 25.6 Å². The molecule has 2 saturated heterocycles. The highest BCUT2D eigenvalue weighted by Crippen LogP contribution is 2.17. The van der Waals surface area contributed by atoms with Crippen LogP contribution in [0, 0.1) is 0 Å². The second-order valence-corrected chi connectivity index (χ2v) is 6.59. The van der Waals surface area contributed by atoms with E-state index in [-0.39, 0.29) is 17.9 Å². The van der Waals surface area contributed by atoms with Gasteiger partial charge in [0.1, 0.15) is 12.1 Å². The first kappa shape index (κ1) is 16.9. The van der Waals surface area contributed by atoms with Crippen molar-refractivity contribution in [1.29, 1.82) is 0 Å². The first-order valence-electron chi connectivity index (χ1n) is 8.82. The standard InChI is InChI=1S/C18H26N4O2/c1-2-6-14-12-15(21-20-14)18(24)22-10-9-19-17(23)16(22)11-13-7-4-3-5-8-13/h3-5,7-8,14-16,20-21H,2,6,9-12H2,1H3,(H,19,23). The molecule has 0 aromatic heterocycles. The second kappa shape index (κ2) is 7.77. The Morgan fingerprint density at radius 2 is 2.04 bits per heavy atom. The molecule has 0 spiro atoms. The molecule has 6 heteroatoms. The topological polar surface area (TPSA) is 73.5 Å². The summed E-state index contributed by atoms with van der Waals surface area (Å²) in [7, 11) is 0. The summed E-state index contributed by atoms with van der Waals surface area (Å²) in [6.45, 7) is 3.23. The molecular formula is C18H26N4O2. The van der Waals surface area contributed by atoms with Crippen molar-refractivity contribution in [1.82, 2.24) is 21.1 Å². The monoisotopic (exact) mass is 330 g/mol. The van der Waals surface area contributed by atoms with Gasteiger partial charge in [0.25, 0.3) is 0 Å². The number of hydrogen-bond acceptors (Lipinski definition) is 4. The number of hydrogen-bond donors (Lipinski definition) is 3. The molecule has 2 fully saturated rings. The van der Waals surface area contributed by atoms with E-state index in [1.807, 2.05) is 30.3 Å². The number of carbonyl (C=O) groups excluding carboxylic acids is 2. The lowest BCUT2D eigenvalue weighted by Crippen LogP contribution is -2.61. The van der Waals surface area contributed by atoms with Gasteiger partial charge >= 0.3 is 0 Å². The third-order valence-electron chi connectivity index (χ3n) is 4.80. The summed E-state index contributed by atoms with van der Waals surface area (Å²) in [5, 5.41) is 2.89. The van der Waals surface area contributed by atoms with E-state index in [9.17, 15) is 9.59 Å². The fourth-order valence-electron chi connectivity index (χ4n) is 3.54. The SMILES string of the molecule is CCCC1CC(C(=O)N2CCNC(=O)C2Cc2ccccc2)NN1. The lowest BCUT2D eigenvalue weighted by Gasteiger charge is -2.36. The van der Waals surface area contributed by atoms with E-state index in [0.717, 1.165) is 24.8 Å². The molecule has 0 bridgehead atoms. The van der Waals surface area contributed by atoms with Crippen LogP contribution in [0.3, 0.4) is 0 Å². The minimum Gasteiger partial charge on any atom is -0.353 e. The summed E-state index contributed by atoms with van der Waals surface area (Å²) in [6.07, 6.45) is 3.47. The highest BCUT2D eigenvalue weighted by Gasteiger charge is 2.38. The van der Waals surface area contributed by atoms with Crippen molar-refractivity contribution in [2.24, 2.45) is 0 Å². The normalized spacial score (nSPS) is 27.1. The van der Waals surface area contributed by atoms with Crippen molar-refractivity contribution in [3.63, 3.8) is 0 Å². The molecule has 3 atom stereocenters. The average molecular weight is 330 g/mol. The number of rotatable bonds is 5. The molecule has 3 N–H and O–H groups in total. The van der Waals surface area contributed by atoms with Gasteiger partial charge in [0.15, 0.2) is 0 Å². The van der Waals surface area contributed by atoms with Crippen molar-refractivity contribution in [2.75, 3.05) is 13.1 Å². The first-order valence-corrected chi connectivity index (χ1v) is 8.82. The average Bonchev–Trinajstić information content (AvgIpc) is 3.06. The zero-order valence-electron chi connectivity index (χ0n) is 14.1. The zero-order valence-corrected chi connectivity index (χ0v) is 14.1. The smallest absolute Gasteiger partial charge is 0.243 e. The van der Waals surface area contributed by atoms with Crippen LogP contribution in [0.4, 0.5) is 0 Å². The third kappa shape index (κ3) is 3.76. The van der Waals surface area contributed by atoms with Crippen LogP contribution in [-0.4, -0.2) is 47.9 Å². The summed E-state index contributed by atoms with van der Waals surface area (Å²) in [6, 6.07) is 9.52. The number of carbonyl (C=O) groups is 2. The highest BCUT2D eigenvalue weighted by atomic mass is 16.2. The Labute approximate surface area is 143 Å². The number of benzene rings is 1. The molecule has 0 saturated carbocycles. The van der Waals surface area contributed by atoms with Crippen LogP contribution in [0.1, 0.15) is 31.7 Å². The Morgan fingerprint density at radius 1 is 1.25 bits per heavy atom. The molecule has 3 unspecified atom stereocenters. The van der Waals surface area contributed by atoms with Gasteiger partial charge < -0.3 is 10.2 Å². The van der Waals surface area contributed by atoms with Gasteiger partial charge in [-0.1, -0.05) is 43.7 Å². The van der Waals surface area contributed by atoms with E-state index in [1.54, 1.807) is 4.90 Å². The summed E-state index contributed by atoms with van der Waals surface area (Å²) in [5.74, 6) is -0.0357. The fourth-order valence-corrected chi connectivity index (χ4v) is 3.54. The molecule has 24 heavy (non-hydrogen) atoms. The molecule has 0 aliphatic carbocycles. The largest absolute Gasteiger partial charge is 0.353 e. The fraction of sp³-hybridized carbons (Fsp3) is 0.556. The Morgan fingerprint density at radius 3 is 2.79 bits per heavy atom. The number of nitrogens with zero attached hydrogens (tertiary/aromatic N) is 1. The number of hydrazine groups is 1. The molecule has 1 aromatic rings. The van der Waals surface area contributed by atoms with E-state index in [4.69, 9.17) is 0 Å². The van der Waals surface area contributed by atoms with E-state index >= 15 is 0 Å². The molecule has 6 nitrogen and oxygen atoms in total. The third-order valence-corrected chi connectivity index (χ3v) is 4.80. The predicted molar refractivity (Wildman–Crippen MR) is 92.0 cm³/mol. The second-order valence-electron chi connectivity index (χ2n) is 6.59. The van der Waals surface area contributed by atoms with Gasteiger partial charge in [-0.15, -0.1) is 0 Å². The van der Waals surface area contributed by atoms with Crippen LogP contribution in [-0.2, 0) is 16.0 Å². The number of amides is 2.